The standard InChI is InChI=1S/C17H22BrN3/c1-5-6-13-14(18)15(19)21-16(20-13)11-7-9-12(10-8-11)17(2,3)4/h7-10H,5-6H2,1-4H3,(H2,19,20,21). The predicted octanol–water partition coefficient (Wildman–Crippen LogP) is 4.74. The van der Waals surface area contributed by atoms with Crippen molar-refractivity contribution in [3.63, 3.8) is 0 Å². The number of benzene rings is 1. The van der Waals surface area contributed by atoms with Crippen LogP contribution in [-0.2, 0) is 11.8 Å². The van der Waals surface area contributed by atoms with Gasteiger partial charge in [-0.15, -0.1) is 0 Å². The highest BCUT2D eigenvalue weighted by atomic mass is 79.9. The van der Waals surface area contributed by atoms with E-state index >= 15 is 0 Å². The maximum atomic E-state index is 5.99. The minimum Gasteiger partial charge on any atom is -0.383 e. The van der Waals surface area contributed by atoms with E-state index < -0.39 is 0 Å². The molecule has 2 N–H and O–H groups in total. The second-order valence-electron chi connectivity index (χ2n) is 6.27. The van der Waals surface area contributed by atoms with Crippen molar-refractivity contribution in [2.75, 3.05) is 5.73 Å². The van der Waals surface area contributed by atoms with Crippen LogP contribution < -0.4 is 5.73 Å². The molecule has 1 aromatic heterocycles. The number of anilines is 1. The van der Waals surface area contributed by atoms with Gasteiger partial charge in [0.1, 0.15) is 5.82 Å². The van der Waals surface area contributed by atoms with Crippen molar-refractivity contribution in [2.45, 2.75) is 46.0 Å². The van der Waals surface area contributed by atoms with Crippen molar-refractivity contribution in [1.82, 2.24) is 9.97 Å². The zero-order valence-electron chi connectivity index (χ0n) is 13.1. The number of hydrogen-bond donors (Lipinski definition) is 1. The lowest BCUT2D eigenvalue weighted by atomic mass is 9.87. The van der Waals surface area contributed by atoms with Crippen LogP contribution in [0.1, 0.15) is 45.4 Å². The highest BCUT2D eigenvalue weighted by Crippen LogP contribution is 2.28. The Bertz CT molecular complexity index is 628. The molecule has 0 atom stereocenters. The van der Waals surface area contributed by atoms with E-state index in [1.807, 2.05) is 0 Å². The number of aryl methyl sites for hydroxylation is 1. The molecule has 1 heterocycles. The Kier molecular flexibility index (Phi) is 4.67. The first kappa shape index (κ1) is 16.0. The van der Waals surface area contributed by atoms with Gasteiger partial charge in [-0.2, -0.15) is 0 Å². The molecular weight excluding hydrogens is 326 g/mol. The summed E-state index contributed by atoms with van der Waals surface area (Å²) < 4.78 is 0.819. The van der Waals surface area contributed by atoms with Crippen molar-refractivity contribution in [3.8, 4) is 11.4 Å². The summed E-state index contributed by atoms with van der Waals surface area (Å²) in [5, 5.41) is 0. The van der Waals surface area contributed by atoms with Crippen LogP contribution in [0.5, 0.6) is 0 Å². The molecule has 0 amide bonds. The first-order valence-corrected chi connectivity index (χ1v) is 8.05. The molecule has 0 aliphatic heterocycles. The third kappa shape index (κ3) is 3.62. The van der Waals surface area contributed by atoms with Gasteiger partial charge in [0.05, 0.1) is 10.2 Å². The molecule has 3 nitrogen and oxygen atoms in total. The van der Waals surface area contributed by atoms with Crippen LogP contribution in [0.3, 0.4) is 0 Å². The number of nitrogen functional groups attached to an aromatic ring is 1. The van der Waals surface area contributed by atoms with Gasteiger partial charge in [-0.1, -0.05) is 58.4 Å². The Morgan fingerprint density at radius 3 is 2.24 bits per heavy atom. The second kappa shape index (κ2) is 6.14. The molecule has 0 bridgehead atoms. The lowest BCUT2D eigenvalue weighted by Gasteiger charge is -2.19. The van der Waals surface area contributed by atoms with Crippen LogP contribution >= 0.6 is 15.9 Å². The summed E-state index contributed by atoms with van der Waals surface area (Å²) in [5.41, 5.74) is 9.40. The molecule has 0 spiro atoms. The number of halogens is 1. The molecule has 0 saturated heterocycles. The summed E-state index contributed by atoms with van der Waals surface area (Å²) in [4.78, 5) is 9.04. The average Bonchev–Trinajstić information content (AvgIpc) is 2.43. The predicted molar refractivity (Wildman–Crippen MR) is 92.3 cm³/mol. The zero-order chi connectivity index (χ0) is 15.6. The Morgan fingerprint density at radius 2 is 1.71 bits per heavy atom. The topological polar surface area (TPSA) is 51.8 Å². The number of nitrogens with two attached hydrogens (primary N) is 1. The van der Waals surface area contributed by atoms with Gasteiger partial charge >= 0.3 is 0 Å². The van der Waals surface area contributed by atoms with E-state index in [0.29, 0.717) is 11.6 Å². The maximum Gasteiger partial charge on any atom is 0.161 e. The van der Waals surface area contributed by atoms with Crippen molar-refractivity contribution < 1.29 is 0 Å². The fourth-order valence-corrected chi connectivity index (χ4v) is 2.54. The molecule has 0 aliphatic rings. The van der Waals surface area contributed by atoms with Crippen LogP contribution in [0.4, 0.5) is 5.82 Å². The third-order valence-electron chi connectivity index (χ3n) is 3.44. The molecule has 0 radical (unpaired) electrons. The Hall–Kier alpha value is -1.42. The van der Waals surface area contributed by atoms with Crippen molar-refractivity contribution in [2.24, 2.45) is 0 Å². The number of nitrogens with zero attached hydrogens (tertiary/aromatic N) is 2. The summed E-state index contributed by atoms with van der Waals surface area (Å²) in [6.45, 7) is 8.74. The average molecular weight is 348 g/mol. The van der Waals surface area contributed by atoms with Crippen molar-refractivity contribution in [1.29, 1.82) is 0 Å². The molecular formula is C17H22BrN3. The second-order valence-corrected chi connectivity index (χ2v) is 7.06. The van der Waals surface area contributed by atoms with Crippen LogP contribution in [-0.4, -0.2) is 9.97 Å². The van der Waals surface area contributed by atoms with E-state index in [0.717, 1.165) is 28.6 Å². The van der Waals surface area contributed by atoms with E-state index in [2.05, 4.69) is 77.9 Å². The van der Waals surface area contributed by atoms with Crippen molar-refractivity contribution >= 4 is 21.7 Å². The Balaban J connectivity index is 2.42. The number of aromatic nitrogens is 2. The van der Waals surface area contributed by atoms with E-state index in [-0.39, 0.29) is 5.41 Å². The smallest absolute Gasteiger partial charge is 0.161 e. The molecule has 21 heavy (non-hydrogen) atoms. The minimum absolute atomic E-state index is 0.144. The highest BCUT2D eigenvalue weighted by Gasteiger charge is 2.15. The van der Waals surface area contributed by atoms with Gasteiger partial charge in [-0.05, 0) is 33.3 Å². The fraction of sp³-hybridized carbons (Fsp3) is 0.412. The highest BCUT2D eigenvalue weighted by molar-refractivity contribution is 9.10. The lowest BCUT2D eigenvalue weighted by Crippen LogP contribution is -2.10. The van der Waals surface area contributed by atoms with Gasteiger partial charge < -0.3 is 5.73 Å². The zero-order valence-corrected chi connectivity index (χ0v) is 14.7. The van der Waals surface area contributed by atoms with Gasteiger partial charge in [-0.3, -0.25) is 0 Å². The summed E-state index contributed by atoms with van der Waals surface area (Å²) in [6.07, 6.45) is 1.91. The van der Waals surface area contributed by atoms with Gasteiger partial charge in [0.2, 0.25) is 0 Å². The minimum atomic E-state index is 0.144. The third-order valence-corrected chi connectivity index (χ3v) is 4.31. The Labute approximate surface area is 135 Å². The summed E-state index contributed by atoms with van der Waals surface area (Å²) in [7, 11) is 0. The van der Waals surface area contributed by atoms with E-state index in [9.17, 15) is 0 Å². The van der Waals surface area contributed by atoms with Crippen molar-refractivity contribution in [3.05, 3.63) is 40.0 Å². The number of hydrogen-bond acceptors (Lipinski definition) is 3. The monoisotopic (exact) mass is 347 g/mol. The maximum absolute atomic E-state index is 5.99. The Morgan fingerprint density at radius 1 is 1.10 bits per heavy atom. The normalized spacial score (nSPS) is 11.7. The quantitative estimate of drug-likeness (QED) is 0.872. The molecule has 0 saturated carbocycles. The molecule has 112 valence electrons. The SMILES string of the molecule is CCCc1nc(-c2ccc(C(C)(C)C)cc2)nc(N)c1Br. The molecule has 0 fully saturated rings. The summed E-state index contributed by atoms with van der Waals surface area (Å²) in [6, 6.07) is 8.41. The lowest BCUT2D eigenvalue weighted by molar-refractivity contribution is 0.590. The van der Waals surface area contributed by atoms with E-state index in [1.165, 1.54) is 5.56 Å². The van der Waals surface area contributed by atoms with Crippen LogP contribution in [0, 0.1) is 0 Å². The van der Waals surface area contributed by atoms with Crippen LogP contribution in [0.2, 0.25) is 0 Å². The number of rotatable bonds is 3. The molecule has 0 aliphatic carbocycles. The largest absolute Gasteiger partial charge is 0.383 e. The first-order chi connectivity index (χ1) is 9.82. The molecule has 1 aromatic carbocycles. The van der Waals surface area contributed by atoms with Gasteiger partial charge in [0.15, 0.2) is 5.82 Å². The molecule has 2 rings (SSSR count). The van der Waals surface area contributed by atoms with E-state index in [1.54, 1.807) is 0 Å². The fourth-order valence-electron chi connectivity index (χ4n) is 2.16. The van der Waals surface area contributed by atoms with Gasteiger partial charge in [-0.25, -0.2) is 9.97 Å². The molecule has 2 aromatic rings. The van der Waals surface area contributed by atoms with Gasteiger partial charge in [0.25, 0.3) is 0 Å². The van der Waals surface area contributed by atoms with Gasteiger partial charge in [0, 0.05) is 5.56 Å². The summed E-state index contributed by atoms with van der Waals surface area (Å²) in [5.74, 6) is 1.20. The first-order valence-electron chi connectivity index (χ1n) is 7.25. The van der Waals surface area contributed by atoms with Crippen LogP contribution in [0.25, 0.3) is 11.4 Å². The van der Waals surface area contributed by atoms with Crippen LogP contribution in [0.15, 0.2) is 28.7 Å². The molecule has 4 heteroatoms. The molecule has 0 unspecified atom stereocenters. The van der Waals surface area contributed by atoms with E-state index in [4.69, 9.17) is 5.73 Å². The summed E-state index contributed by atoms with van der Waals surface area (Å²) >= 11 is 3.48.